The van der Waals surface area contributed by atoms with E-state index in [0.717, 1.165) is 21.3 Å². The molecule has 0 bridgehead atoms. The van der Waals surface area contributed by atoms with Gasteiger partial charge in [0.15, 0.2) is 5.13 Å². The van der Waals surface area contributed by atoms with Crippen LogP contribution in [0.2, 0.25) is 0 Å². The minimum atomic E-state index is -1.09. The van der Waals surface area contributed by atoms with Gasteiger partial charge >= 0.3 is 12.0 Å². The molecule has 7 heteroatoms. The van der Waals surface area contributed by atoms with E-state index in [4.69, 9.17) is 5.11 Å². The van der Waals surface area contributed by atoms with Crippen molar-refractivity contribution < 1.29 is 14.7 Å². The zero-order valence-corrected chi connectivity index (χ0v) is 11.3. The van der Waals surface area contributed by atoms with Gasteiger partial charge in [-0.25, -0.2) is 9.78 Å². The van der Waals surface area contributed by atoms with Crippen LogP contribution < -0.4 is 10.6 Å². The summed E-state index contributed by atoms with van der Waals surface area (Å²) in [5.41, 5.74) is 3.12. The van der Waals surface area contributed by atoms with Gasteiger partial charge in [-0.1, -0.05) is 11.3 Å². The average Bonchev–Trinajstić information content (AvgIpc) is 2.68. The van der Waals surface area contributed by atoms with Gasteiger partial charge in [0.2, 0.25) is 0 Å². The number of carbonyl (C=O) groups is 2. The van der Waals surface area contributed by atoms with E-state index in [9.17, 15) is 9.59 Å². The number of amides is 2. The van der Waals surface area contributed by atoms with Crippen LogP contribution >= 0.6 is 11.3 Å². The molecule has 0 saturated carbocycles. The van der Waals surface area contributed by atoms with Crippen LogP contribution in [0.3, 0.4) is 0 Å². The Hall–Kier alpha value is -2.15. The Labute approximate surface area is 113 Å². The molecule has 1 heterocycles. The van der Waals surface area contributed by atoms with Gasteiger partial charge in [-0.05, 0) is 37.1 Å². The fraction of sp³-hybridized carbons (Fsp3) is 0.250. The Balaban J connectivity index is 2.13. The molecule has 1 aromatic heterocycles. The van der Waals surface area contributed by atoms with Crippen molar-refractivity contribution in [3.8, 4) is 0 Å². The van der Waals surface area contributed by atoms with E-state index in [1.165, 1.54) is 11.3 Å². The normalized spacial score (nSPS) is 10.4. The lowest BCUT2D eigenvalue weighted by atomic mass is 10.1. The predicted molar refractivity (Wildman–Crippen MR) is 73.8 cm³/mol. The molecule has 3 N–H and O–H groups in total. The molecule has 0 fully saturated rings. The van der Waals surface area contributed by atoms with Gasteiger partial charge in [0.1, 0.15) is 6.54 Å². The van der Waals surface area contributed by atoms with Crippen LogP contribution in [0.5, 0.6) is 0 Å². The summed E-state index contributed by atoms with van der Waals surface area (Å²) < 4.78 is 0.983. The molecule has 0 atom stereocenters. The molecular weight excluding hydrogens is 266 g/mol. The SMILES string of the molecule is Cc1cc2nc(NC(=O)NCC(=O)O)sc2cc1C. The van der Waals surface area contributed by atoms with Gasteiger partial charge in [0.05, 0.1) is 10.2 Å². The molecule has 2 rings (SSSR count). The van der Waals surface area contributed by atoms with E-state index in [-0.39, 0.29) is 0 Å². The molecule has 0 radical (unpaired) electrons. The number of aryl methyl sites for hydroxylation is 2. The third-order valence-corrected chi connectivity index (χ3v) is 3.56. The second-order valence-electron chi connectivity index (χ2n) is 4.12. The molecule has 2 aromatic rings. The molecule has 100 valence electrons. The van der Waals surface area contributed by atoms with Gasteiger partial charge < -0.3 is 10.4 Å². The summed E-state index contributed by atoms with van der Waals surface area (Å²) in [6.07, 6.45) is 0. The average molecular weight is 279 g/mol. The van der Waals surface area contributed by atoms with E-state index < -0.39 is 18.5 Å². The number of hydrogen-bond acceptors (Lipinski definition) is 4. The summed E-state index contributed by atoms with van der Waals surface area (Å²) in [7, 11) is 0. The van der Waals surface area contributed by atoms with Crippen LogP contribution in [-0.4, -0.2) is 28.6 Å². The minimum absolute atomic E-state index is 0.422. The summed E-state index contributed by atoms with van der Waals surface area (Å²) in [5, 5.41) is 13.6. The second-order valence-corrected chi connectivity index (χ2v) is 5.16. The molecule has 0 aliphatic rings. The number of fused-ring (bicyclic) bond motifs is 1. The highest BCUT2D eigenvalue weighted by atomic mass is 32.1. The Morgan fingerprint density at radius 3 is 2.68 bits per heavy atom. The summed E-state index contributed by atoms with van der Waals surface area (Å²) in [6.45, 7) is 3.59. The molecule has 1 aromatic carbocycles. The largest absolute Gasteiger partial charge is 0.480 e. The molecule has 19 heavy (non-hydrogen) atoms. The van der Waals surface area contributed by atoms with Crippen molar-refractivity contribution in [1.82, 2.24) is 10.3 Å². The third kappa shape index (κ3) is 3.19. The number of benzene rings is 1. The van der Waals surface area contributed by atoms with Crippen LogP contribution in [0.15, 0.2) is 12.1 Å². The zero-order chi connectivity index (χ0) is 14.0. The van der Waals surface area contributed by atoms with E-state index in [1.54, 1.807) is 0 Å². The molecule has 0 unspecified atom stereocenters. The van der Waals surface area contributed by atoms with Crippen molar-refractivity contribution in [2.75, 3.05) is 11.9 Å². The smallest absolute Gasteiger partial charge is 0.323 e. The topological polar surface area (TPSA) is 91.3 Å². The van der Waals surface area contributed by atoms with E-state index in [1.807, 2.05) is 26.0 Å². The van der Waals surface area contributed by atoms with Gasteiger partial charge in [-0.3, -0.25) is 10.1 Å². The molecule has 2 amide bonds. The third-order valence-electron chi connectivity index (χ3n) is 2.62. The number of hydrogen-bond donors (Lipinski definition) is 3. The minimum Gasteiger partial charge on any atom is -0.480 e. The number of carboxylic acids is 1. The number of urea groups is 1. The molecule has 0 saturated heterocycles. The first-order valence-electron chi connectivity index (χ1n) is 5.60. The lowest BCUT2D eigenvalue weighted by molar-refractivity contribution is -0.135. The Kier molecular flexibility index (Phi) is 3.66. The number of nitrogens with one attached hydrogen (secondary N) is 2. The molecular formula is C12H13N3O3S. The molecule has 6 nitrogen and oxygen atoms in total. The van der Waals surface area contributed by atoms with Crippen molar-refractivity contribution in [3.05, 3.63) is 23.3 Å². The quantitative estimate of drug-likeness (QED) is 0.802. The number of aliphatic carboxylic acids is 1. The highest BCUT2D eigenvalue weighted by Crippen LogP contribution is 2.28. The van der Waals surface area contributed by atoms with E-state index >= 15 is 0 Å². The van der Waals surface area contributed by atoms with E-state index in [2.05, 4.69) is 15.6 Å². The lowest BCUT2D eigenvalue weighted by Crippen LogP contribution is -2.33. The second kappa shape index (κ2) is 5.23. The molecule has 0 aliphatic carbocycles. The summed E-state index contributed by atoms with van der Waals surface area (Å²) >= 11 is 1.35. The number of aromatic nitrogens is 1. The van der Waals surface area contributed by atoms with Crippen molar-refractivity contribution in [3.63, 3.8) is 0 Å². The number of thiazole rings is 1. The Morgan fingerprint density at radius 2 is 2.00 bits per heavy atom. The lowest BCUT2D eigenvalue weighted by Gasteiger charge is -2.01. The van der Waals surface area contributed by atoms with Crippen LogP contribution in [0.4, 0.5) is 9.93 Å². The fourth-order valence-electron chi connectivity index (χ4n) is 1.53. The molecule has 0 spiro atoms. The van der Waals surface area contributed by atoms with Gasteiger partial charge in [0.25, 0.3) is 0 Å². The van der Waals surface area contributed by atoms with Crippen LogP contribution in [0, 0.1) is 13.8 Å². The number of rotatable bonds is 3. The standard InChI is InChI=1S/C12H13N3O3S/c1-6-3-8-9(4-7(6)2)19-12(14-8)15-11(18)13-5-10(16)17/h3-4H,5H2,1-2H3,(H,16,17)(H2,13,14,15,18). The Morgan fingerprint density at radius 1 is 1.32 bits per heavy atom. The summed E-state index contributed by atoms with van der Waals surface area (Å²) in [6, 6.07) is 3.40. The maximum absolute atomic E-state index is 11.4. The molecule has 0 aliphatic heterocycles. The van der Waals surface area contributed by atoms with E-state index in [0.29, 0.717) is 5.13 Å². The number of anilines is 1. The highest BCUT2D eigenvalue weighted by molar-refractivity contribution is 7.22. The zero-order valence-electron chi connectivity index (χ0n) is 10.5. The first-order chi connectivity index (χ1) is 8.95. The number of nitrogens with zero attached hydrogens (tertiary/aromatic N) is 1. The maximum atomic E-state index is 11.4. The van der Waals surface area contributed by atoms with Crippen molar-refractivity contribution in [1.29, 1.82) is 0 Å². The fourth-order valence-corrected chi connectivity index (χ4v) is 2.47. The highest BCUT2D eigenvalue weighted by Gasteiger charge is 2.09. The van der Waals surface area contributed by atoms with Crippen molar-refractivity contribution in [2.24, 2.45) is 0 Å². The first-order valence-corrected chi connectivity index (χ1v) is 6.42. The number of carbonyl (C=O) groups excluding carboxylic acids is 1. The summed E-state index contributed by atoms with van der Waals surface area (Å²) in [5.74, 6) is -1.09. The monoisotopic (exact) mass is 279 g/mol. The number of carboxylic acid groups (broad SMARTS) is 1. The summed E-state index contributed by atoms with van der Waals surface area (Å²) in [4.78, 5) is 26.0. The van der Waals surface area contributed by atoms with Gasteiger partial charge in [-0.15, -0.1) is 0 Å². The van der Waals surface area contributed by atoms with Crippen LogP contribution in [0.1, 0.15) is 11.1 Å². The van der Waals surface area contributed by atoms with Gasteiger partial charge in [-0.2, -0.15) is 0 Å². The van der Waals surface area contributed by atoms with Crippen molar-refractivity contribution in [2.45, 2.75) is 13.8 Å². The maximum Gasteiger partial charge on any atom is 0.323 e. The van der Waals surface area contributed by atoms with Crippen LogP contribution in [-0.2, 0) is 4.79 Å². The van der Waals surface area contributed by atoms with Gasteiger partial charge in [0, 0.05) is 0 Å². The Bertz CT molecular complexity index is 612. The van der Waals surface area contributed by atoms with Crippen molar-refractivity contribution >= 4 is 38.7 Å². The first kappa shape index (κ1) is 13.3. The predicted octanol–water partition coefficient (Wildman–Crippen LogP) is 2.12. The van der Waals surface area contributed by atoms with Crippen LogP contribution in [0.25, 0.3) is 10.2 Å².